The van der Waals surface area contributed by atoms with Gasteiger partial charge in [0, 0.05) is 32.0 Å². The topological polar surface area (TPSA) is 33.1 Å². The molecule has 2 rings (SSSR count). The number of piperidine rings is 1. The van der Waals surface area contributed by atoms with E-state index in [4.69, 9.17) is 0 Å². The minimum atomic E-state index is 0.555. The number of likely N-dealkylation sites (tertiary alicyclic amines) is 1. The molecule has 2 heterocycles. The van der Waals surface area contributed by atoms with Crippen molar-refractivity contribution in [2.24, 2.45) is 7.05 Å². The summed E-state index contributed by atoms with van der Waals surface area (Å²) in [4.78, 5) is 6.78. The molecule has 1 atom stereocenters. The van der Waals surface area contributed by atoms with Crippen LogP contribution in [-0.2, 0) is 7.05 Å². The van der Waals surface area contributed by atoms with Crippen molar-refractivity contribution in [2.75, 3.05) is 25.0 Å². The van der Waals surface area contributed by atoms with Gasteiger partial charge in [-0.2, -0.15) is 0 Å². The SMILES string of the molecule is CCN1CCCC(Nc2nccn2C)C1. The number of aryl methyl sites for hydroxylation is 1. The maximum Gasteiger partial charge on any atom is 0.202 e. The van der Waals surface area contributed by atoms with Crippen molar-refractivity contribution < 1.29 is 0 Å². The number of likely N-dealkylation sites (N-methyl/N-ethyl adjacent to an activating group) is 1. The van der Waals surface area contributed by atoms with Gasteiger partial charge in [-0.25, -0.2) is 4.98 Å². The van der Waals surface area contributed by atoms with Crippen LogP contribution in [0.5, 0.6) is 0 Å². The van der Waals surface area contributed by atoms with Crippen LogP contribution in [0.2, 0.25) is 0 Å². The van der Waals surface area contributed by atoms with Crippen LogP contribution in [0.4, 0.5) is 5.95 Å². The third-order valence-electron chi connectivity index (χ3n) is 3.11. The van der Waals surface area contributed by atoms with Gasteiger partial charge in [0.1, 0.15) is 0 Å². The molecule has 0 spiro atoms. The van der Waals surface area contributed by atoms with Gasteiger partial charge in [0.2, 0.25) is 5.95 Å². The van der Waals surface area contributed by atoms with Gasteiger partial charge in [0.15, 0.2) is 0 Å². The number of anilines is 1. The first-order valence-electron chi connectivity index (χ1n) is 5.76. The summed E-state index contributed by atoms with van der Waals surface area (Å²) in [5.41, 5.74) is 0. The molecule has 1 aliphatic heterocycles. The van der Waals surface area contributed by atoms with E-state index in [1.54, 1.807) is 0 Å². The Labute approximate surface area is 91.3 Å². The summed E-state index contributed by atoms with van der Waals surface area (Å²) in [7, 11) is 2.02. The molecule has 84 valence electrons. The van der Waals surface area contributed by atoms with E-state index in [-0.39, 0.29) is 0 Å². The van der Waals surface area contributed by atoms with Crippen LogP contribution in [0.3, 0.4) is 0 Å². The summed E-state index contributed by atoms with van der Waals surface area (Å²) in [5, 5.41) is 3.50. The van der Waals surface area contributed by atoms with Crippen molar-refractivity contribution in [1.82, 2.24) is 14.5 Å². The number of rotatable bonds is 3. The Kier molecular flexibility index (Phi) is 3.26. The van der Waals surface area contributed by atoms with Crippen molar-refractivity contribution in [3.8, 4) is 0 Å². The van der Waals surface area contributed by atoms with Crippen LogP contribution >= 0.6 is 0 Å². The zero-order valence-electron chi connectivity index (χ0n) is 9.61. The fraction of sp³-hybridized carbons (Fsp3) is 0.727. The molecule has 0 saturated carbocycles. The Hall–Kier alpha value is -1.03. The van der Waals surface area contributed by atoms with E-state index in [9.17, 15) is 0 Å². The second-order valence-corrected chi connectivity index (χ2v) is 4.24. The zero-order chi connectivity index (χ0) is 10.7. The summed E-state index contributed by atoms with van der Waals surface area (Å²) in [5.74, 6) is 0.984. The van der Waals surface area contributed by atoms with Gasteiger partial charge in [-0.3, -0.25) is 0 Å². The molecule has 4 nitrogen and oxygen atoms in total. The lowest BCUT2D eigenvalue weighted by molar-refractivity contribution is 0.226. The van der Waals surface area contributed by atoms with Crippen LogP contribution in [-0.4, -0.2) is 40.1 Å². The Bertz CT molecular complexity index is 307. The monoisotopic (exact) mass is 208 g/mol. The summed E-state index contributed by atoms with van der Waals surface area (Å²) in [6.45, 7) is 5.76. The normalized spacial score (nSPS) is 22.9. The Morgan fingerprint density at radius 2 is 2.47 bits per heavy atom. The molecule has 1 aliphatic rings. The van der Waals surface area contributed by atoms with Crippen LogP contribution in [0.25, 0.3) is 0 Å². The fourth-order valence-electron chi connectivity index (χ4n) is 2.15. The first kappa shape index (κ1) is 10.5. The second kappa shape index (κ2) is 4.66. The highest BCUT2D eigenvalue weighted by Gasteiger charge is 2.19. The van der Waals surface area contributed by atoms with Crippen LogP contribution in [0.15, 0.2) is 12.4 Å². The first-order valence-corrected chi connectivity index (χ1v) is 5.76. The summed E-state index contributed by atoms with van der Waals surface area (Å²) in [6.07, 6.45) is 6.35. The fourth-order valence-corrected chi connectivity index (χ4v) is 2.15. The quantitative estimate of drug-likeness (QED) is 0.813. The molecule has 15 heavy (non-hydrogen) atoms. The smallest absolute Gasteiger partial charge is 0.202 e. The molecule has 0 amide bonds. The highest BCUT2D eigenvalue weighted by molar-refractivity contribution is 5.27. The van der Waals surface area contributed by atoms with E-state index >= 15 is 0 Å². The molecule has 0 aromatic carbocycles. The molecule has 1 unspecified atom stereocenters. The number of imidazole rings is 1. The summed E-state index contributed by atoms with van der Waals surface area (Å²) in [6, 6.07) is 0.555. The molecule has 1 aromatic heterocycles. The van der Waals surface area contributed by atoms with Crippen molar-refractivity contribution in [1.29, 1.82) is 0 Å². The van der Waals surface area contributed by atoms with Crippen LogP contribution in [0.1, 0.15) is 19.8 Å². The van der Waals surface area contributed by atoms with E-state index in [1.807, 2.05) is 24.0 Å². The summed E-state index contributed by atoms with van der Waals surface area (Å²) < 4.78 is 2.03. The van der Waals surface area contributed by atoms with Gasteiger partial charge in [0.05, 0.1) is 0 Å². The number of hydrogen-bond donors (Lipinski definition) is 1. The minimum absolute atomic E-state index is 0.555. The number of hydrogen-bond acceptors (Lipinski definition) is 3. The van der Waals surface area contributed by atoms with Gasteiger partial charge < -0.3 is 14.8 Å². The Morgan fingerprint density at radius 1 is 1.60 bits per heavy atom. The van der Waals surface area contributed by atoms with Gasteiger partial charge in [-0.05, 0) is 25.9 Å². The molecule has 0 bridgehead atoms. The third kappa shape index (κ3) is 2.50. The second-order valence-electron chi connectivity index (χ2n) is 4.24. The Morgan fingerprint density at radius 3 is 3.13 bits per heavy atom. The molecule has 1 saturated heterocycles. The lowest BCUT2D eigenvalue weighted by Gasteiger charge is -2.32. The largest absolute Gasteiger partial charge is 0.352 e. The molecule has 1 fully saturated rings. The lowest BCUT2D eigenvalue weighted by Crippen LogP contribution is -2.42. The standard InChI is InChI=1S/C11H20N4/c1-3-15-7-4-5-10(9-15)13-11-12-6-8-14(11)2/h6,8,10H,3-5,7,9H2,1-2H3,(H,12,13). The number of nitrogens with zero attached hydrogens (tertiary/aromatic N) is 3. The average Bonchev–Trinajstić information content (AvgIpc) is 2.65. The molecule has 0 radical (unpaired) electrons. The molecule has 4 heteroatoms. The summed E-state index contributed by atoms with van der Waals surface area (Å²) >= 11 is 0. The van der Waals surface area contributed by atoms with E-state index in [1.165, 1.54) is 19.4 Å². The van der Waals surface area contributed by atoms with E-state index in [0.29, 0.717) is 6.04 Å². The van der Waals surface area contributed by atoms with E-state index in [2.05, 4.69) is 22.1 Å². The predicted molar refractivity (Wildman–Crippen MR) is 62.0 cm³/mol. The highest BCUT2D eigenvalue weighted by atomic mass is 15.2. The number of aromatic nitrogens is 2. The predicted octanol–water partition coefficient (Wildman–Crippen LogP) is 1.32. The van der Waals surface area contributed by atoms with E-state index < -0.39 is 0 Å². The molecule has 0 aliphatic carbocycles. The lowest BCUT2D eigenvalue weighted by atomic mass is 10.1. The van der Waals surface area contributed by atoms with E-state index in [0.717, 1.165) is 19.0 Å². The minimum Gasteiger partial charge on any atom is -0.352 e. The van der Waals surface area contributed by atoms with Crippen molar-refractivity contribution in [2.45, 2.75) is 25.8 Å². The molecular formula is C11H20N4. The third-order valence-corrected chi connectivity index (χ3v) is 3.11. The van der Waals surface area contributed by atoms with Gasteiger partial charge in [-0.15, -0.1) is 0 Å². The van der Waals surface area contributed by atoms with Crippen molar-refractivity contribution in [3.05, 3.63) is 12.4 Å². The molecule has 1 aromatic rings. The van der Waals surface area contributed by atoms with Crippen molar-refractivity contribution >= 4 is 5.95 Å². The maximum atomic E-state index is 4.29. The van der Waals surface area contributed by atoms with Crippen LogP contribution in [0, 0.1) is 0 Å². The average molecular weight is 208 g/mol. The number of nitrogens with one attached hydrogen (secondary N) is 1. The van der Waals surface area contributed by atoms with Crippen molar-refractivity contribution in [3.63, 3.8) is 0 Å². The van der Waals surface area contributed by atoms with Gasteiger partial charge >= 0.3 is 0 Å². The maximum absolute atomic E-state index is 4.29. The van der Waals surface area contributed by atoms with Gasteiger partial charge in [0.25, 0.3) is 0 Å². The molecule has 1 N–H and O–H groups in total. The van der Waals surface area contributed by atoms with Crippen LogP contribution < -0.4 is 5.32 Å². The molecular weight excluding hydrogens is 188 g/mol. The highest BCUT2D eigenvalue weighted by Crippen LogP contribution is 2.14. The first-order chi connectivity index (χ1) is 7.29. The zero-order valence-corrected chi connectivity index (χ0v) is 9.61. The Balaban J connectivity index is 1.92. The van der Waals surface area contributed by atoms with Gasteiger partial charge in [-0.1, -0.05) is 6.92 Å².